The first-order valence-corrected chi connectivity index (χ1v) is 6.94. The number of hydrogen-bond donors (Lipinski definition) is 1. The van der Waals surface area contributed by atoms with Crippen molar-refractivity contribution in [1.82, 2.24) is 0 Å². The SMILES string of the molecule is COc1c(Cl)cccc1NC(=O)ON=C1CCCCC1. The molecule has 5 nitrogen and oxygen atoms in total. The quantitative estimate of drug-likeness (QED) is 0.671. The molecule has 6 heteroatoms. The van der Waals surface area contributed by atoms with Crippen molar-refractivity contribution < 1.29 is 14.4 Å². The molecule has 20 heavy (non-hydrogen) atoms. The summed E-state index contributed by atoms with van der Waals surface area (Å²) in [7, 11) is 1.49. The number of carbonyl (C=O) groups is 1. The van der Waals surface area contributed by atoms with Gasteiger partial charge in [-0.2, -0.15) is 0 Å². The highest BCUT2D eigenvalue weighted by Crippen LogP contribution is 2.32. The van der Waals surface area contributed by atoms with Crippen LogP contribution in [0.4, 0.5) is 10.5 Å². The first-order chi connectivity index (χ1) is 9.70. The second-order valence-electron chi connectivity index (χ2n) is 4.54. The molecule has 1 aromatic carbocycles. The van der Waals surface area contributed by atoms with Gasteiger partial charge in [-0.05, 0) is 37.8 Å². The Morgan fingerprint density at radius 2 is 2.05 bits per heavy atom. The van der Waals surface area contributed by atoms with E-state index >= 15 is 0 Å². The lowest BCUT2D eigenvalue weighted by Crippen LogP contribution is -2.14. The summed E-state index contributed by atoms with van der Waals surface area (Å²) in [6, 6.07) is 5.08. The van der Waals surface area contributed by atoms with Crippen LogP contribution in [0.5, 0.6) is 5.75 Å². The maximum absolute atomic E-state index is 11.7. The molecule has 0 aromatic heterocycles. The summed E-state index contributed by atoms with van der Waals surface area (Å²) in [6.07, 6.45) is 4.56. The third-order valence-electron chi connectivity index (χ3n) is 3.10. The van der Waals surface area contributed by atoms with Gasteiger partial charge in [-0.3, -0.25) is 10.2 Å². The number of nitrogens with zero attached hydrogens (tertiary/aromatic N) is 1. The molecule has 1 aliphatic carbocycles. The number of hydrogen-bond acceptors (Lipinski definition) is 4. The standard InChI is InChI=1S/C14H17ClN2O3/c1-19-13-11(15)8-5-9-12(13)16-14(18)20-17-10-6-3-2-4-7-10/h5,8-9H,2-4,6-7H2,1H3,(H,16,18). The second-order valence-corrected chi connectivity index (χ2v) is 4.95. The number of methoxy groups -OCH3 is 1. The Kier molecular flexibility index (Phi) is 5.24. The van der Waals surface area contributed by atoms with Crippen molar-refractivity contribution in [1.29, 1.82) is 0 Å². The smallest absolute Gasteiger partial charge is 0.437 e. The number of carbonyl (C=O) groups excluding carboxylic acids is 1. The van der Waals surface area contributed by atoms with Crippen LogP contribution in [0.3, 0.4) is 0 Å². The van der Waals surface area contributed by atoms with Gasteiger partial charge in [0.25, 0.3) is 0 Å². The zero-order valence-electron chi connectivity index (χ0n) is 11.3. The van der Waals surface area contributed by atoms with Crippen LogP contribution in [-0.2, 0) is 4.84 Å². The highest BCUT2D eigenvalue weighted by molar-refractivity contribution is 6.32. The van der Waals surface area contributed by atoms with Gasteiger partial charge in [-0.15, -0.1) is 0 Å². The predicted molar refractivity (Wildman–Crippen MR) is 78.6 cm³/mol. The lowest BCUT2D eigenvalue weighted by Gasteiger charge is -2.12. The minimum atomic E-state index is -0.649. The molecule has 0 saturated heterocycles. The van der Waals surface area contributed by atoms with Crippen molar-refractivity contribution in [3.8, 4) is 5.75 Å². The Bertz CT molecular complexity index is 509. The van der Waals surface area contributed by atoms with Gasteiger partial charge in [0.1, 0.15) is 0 Å². The molecular weight excluding hydrogens is 280 g/mol. The monoisotopic (exact) mass is 296 g/mol. The summed E-state index contributed by atoms with van der Waals surface area (Å²) >= 11 is 5.97. The molecule has 108 valence electrons. The van der Waals surface area contributed by atoms with Gasteiger partial charge in [0.2, 0.25) is 0 Å². The molecule has 1 N–H and O–H groups in total. The predicted octanol–water partition coefficient (Wildman–Crippen LogP) is 4.22. The lowest BCUT2D eigenvalue weighted by molar-refractivity contribution is 0.165. The Hall–Kier alpha value is -1.75. The third kappa shape index (κ3) is 3.87. The first-order valence-electron chi connectivity index (χ1n) is 6.57. The average molecular weight is 297 g/mol. The number of oxime groups is 1. The lowest BCUT2D eigenvalue weighted by atomic mass is 9.99. The fourth-order valence-electron chi connectivity index (χ4n) is 2.10. The van der Waals surface area contributed by atoms with E-state index in [1.54, 1.807) is 18.2 Å². The van der Waals surface area contributed by atoms with Gasteiger partial charge in [-0.1, -0.05) is 29.2 Å². The molecule has 0 spiro atoms. The number of halogens is 1. The van der Waals surface area contributed by atoms with Gasteiger partial charge in [0.05, 0.1) is 23.5 Å². The number of para-hydroxylation sites is 1. The van der Waals surface area contributed by atoms with Crippen molar-refractivity contribution in [2.75, 3.05) is 12.4 Å². The molecule has 1 saturated carbocycles. The minimum Gasteiger partial charge on any atom is -0.493 e. The van der Waals surface area contributed by atoms with E-state index in [1.165, 1.54) is 13.5 Å². The van der Waals surface area contributed by atoms with Crippen LogP contribution in [0, 0.1) is 0 Å². The van der Waals surface area contributed by atoms with E-state index in [4.69, 9.17) is 21.2 Å². The van der Waals surface area contributed by atoms with Crippen LogP contribution in [0.1, 0.15) is 32.1 Å². The van der Waals surface area contributed by atoms with Crippen molar-refractivity contribution >= 4 is 29.1 Å². The van der Waals surface area contributed by atoms with Gasteiger partial charge in [0.15, 0.2) is 5.75 Å². The average Bonchev–Trinajstić information content (AvgIpc) is 2.46. The van der Waals surface area contributed by atoms with Crippen LogP contribution in [-0.4, -0.2) is 18.9 Å². The molecule has 1 fully saturated rings. The number of anilines is 1. The van der Waals surface area contributed by atoms with E-state index in [2.05, 4.69) is 10.5 Å². The number of ether oxygens (including phenoxy) is 1. The van der Waals surface area contributed by atoms with Crippen LogP contribution in [0.25, 0.3) is 0 Å². The number of rotatable bonds is 3. The summed E-state index contributed by atoms with van der Waals surface area (Å²) in [5, 5.41) is 6.87. The number of amides is 1. The molecule has 0 unspecified atom stereocenters. The van der Waals surface area contributed by atoms with Crippen LogP contribution in [0.2, 0.25) is 5.02 Å². The van der Waals surface area contributed by atoms with E-state index in [0.717, 1.165) is 31.4 Å². The van der Waals surface area contributed by atoms with Crippen molar-refractivity contribution in [3.05, 3.63) is 23.2 Å². The zero-order chi connectivity index (χ0) is 14.4. The molecule has 0 heterocycles. The van der Waals surface area contributed by atoms with E-state index in [0.29, 0.717) is 16.5 Å². The zero-order valence-corrected chi connectivity index (χ0v) is 12.1. The van der Waals surface area contributed by atoms with E-state index < -0.39 is 6.09 Å². The summed E-state index contributed by atoms with van der Waals surface area (Å²) in [5.74, 6) is 0.399. The summed E-state index contributed by atoms with van der Waals surface area (Å²) < 4.78 is 5.13. The molecule has 0 atom stereocenters. The number of benzene rings is 1. The van der Waals surface area contributed by atoms with Gasteiger partial charge >= 0.3 is 6.09 Å². The Morgan fingerprint density at radius 3 is 2.75 bits per heavy atom. The summed E-state index contributed by atoms with van der Waals surface area (Å²) in [4.78, 5) is 16.6. The van der Waals surface area contributed by atoms with E-state index in [-0.39, 0.29) is 0 Å². The minimum absolute atomic E-state index is 0.399. The van der Waals surface area contributed by atoms with Crippen LogP contribution in [0.15, 0.2) is 23.4 Å². The summed E-state index contributed by atoms with van der Waals surface area (Å²) in [6.45, 7) is 0. The van der Waals surface area contributed by atoms with Crippen molar-refractivity contribution in [2.24, 2.45) is 5.16 Å². The molecule has 0 radical (unpaired) electrons. The summed E-state index contributed by atoms with van der Waals surface area (Å²) in [5.41, 5.74) is 1.39. The van der Waals surface area contributed by atoms with Gasteiger partial charge < -0.3 is 4.74 Å². The molecule has 0 bridgehead atoms. The Labute approximate surface area is 122 Å². The largest absolute Gasteiger partial charge is 0.493 e. The number of nitrogens with one attached hydrogen (secondary N) is 1. The van der Waals surface area contributed by atoms with Gasteiger partial charge in [-0.25, -0.2) is 4.79 Å². The fourth-order valence-corrected chi connectivity index (χ4v) is 2.36. The normalized spacial score (nSPS) is 14.6. The highest BCUT2D eigenvalue weighted by Gasteiger charge is 2.12. The fraction of sp³-hybridized carbons (Fsp3) is 0.429. The van der Waals surface area contributed by atoms with Crippen LogP contribution >= 0.6 is 11.6 Å². The van der Waals surface area contributed by atoms with Crippen molar-refractivity contribution in [3.63, 3.8) is 0 Å². The van der Waals surface area contributed by atoms with Gasteiger partial charge in [0, 0.05) is 0 Å². The maximum Gasteiger partial charge on any atom is 0.437 e. The third-order valence-corrected chi connectivity index (χ3v) is 3.39. The van der Waals surface area contributed by atoms with E-state index in [9.17, 15) is 4.79 Å². The van der Waals surface area contributed by atoms with E-state index in [1.807, 2.05) is 0 Å². The molecule has 2 rings (SSSR count). The molecule has 1 aliphatic rings. The Balaban J connectivity index is 1.96. The van der Waals surface area contributed by atoms with Crippen LogP contribution < -0.4 is 10.1 Å². The Morgan fingerprint density at radius 1 is 1.30 bits per heavy atom. The molecule has 1 amide bonds. The van der Waals surface area contributed by atoms with Crippen molar-refractivity contribution in [2.45, 2.75) is 32.1 Å². The first kappa shape index (κ1) is 14.7. The molecule has 1 aromatic rings. The maximum atomic E-state index is 11.7. The topological polar surface area (TPSA) is 59.9 Å². The second kappa shape index (κ2) is 7.14. The highest BCUT2D eigenvalue weighted by atomic mass is 35.5. The molecule has 0 aliphatic heterocycles. The molecular formula is C14H17ClN2O3.